The molecule has 0 fully saturated rings. The maximum Gasteiger partial charge on any atom is 0.416 e. The summed E-state index contributed by atoms with van der Waals surface area (Å²) in [6.45, 7) is 0. The number of halogens is 3. The summed E-state index contributed by atoms with van der Waals surface area (Å²) in [5.41, 5.74) is 11.9. The van der Waals surface area contributed by atoms with Gasteiger partial charge in [0.2, 0.25) is 0 Å². The predicted octanol–water partition coefficient (Wildman–Crippen LogP) is 16.1. The maximum atomic E-state index is 15.1. The van der Waals surface area contributed by atoms with Crippen LogP contribution in [0.1, 0.15) is 27.8 Å². The lowest BCUT2D eigenvalue weighted by atomic mass is 9.96. The van der Waals surface area contributed by atoms with Gasteiger partial charge in [-0.25, -0.2) is 0 Å². The highest BCUT2D eigenvalue weighted by Gasteiger charge is 2.32. The average molecular weight is 958 g/mol. The van der Waals surface area contributed by atoms with E-state index in [1.807, 2.05) is 155 Å². The molecule has 0 aliphatic heterocycles. The van der Waals surface area contributed by atoms with Crippen LogP contribution in [0.25, 0.3) is 111 Å². The second kappa shape index (κ2) is 17.7. The second-order valence-corrected chi connectivity index (χ2v) is 17.9. The topological polar surface area (TPSA) is 118 Å². The van der Waals surface area contributed by atoms with Crippen LogP contribution in [0.15, 0.2) is 207 Å². The minimum atomic E-state index is -4.70. The predicted molar refractivity (Wildman–Crippen MR) is 284 cm³/mol. The first-order valence-electron chi connectivity index (χ1n) is 23.5. The van der Waals surface area contributed by atoms with E-state index >= 15 is 13.2 Å². The van der Waals surface area contributed by atoms with Crippen molar-refractivity contribution >= 4 is 43.6 Å². The van der Waals surface area contributed by atoms with Crippen molar-refractivity contribution in [1.82, 2.24) is 14.1 Å². The van der Waals surface area contributed by atoms with Gasteiger partial charge in [-0.05, 0) is 142 Å². The van der Waals surface area contributed by atoms with Crippen molar-refractivity contribution in [3.63, 3.8) is 0 Å². The normalized spacial score (nSPS) is 11.4. The molecule has 12 rings (SSSR count). The van der Waals surface area contributed by atoms with E-state index in [2.05, 4.69) is 29.3 Å². The molecule has 0 bridgehead atoms. The first-order valence-corrected chi connectivity index (χ1v) is 23.5. The monoisotopic (exact) mass is 957 g/mol. The highest BCUT2D eigenvalue weighted by atomic mass is 19.4. The molecular weight excluding hydrogens is 924 g/mol. The summed E-state index contributed by atoms with van der Waals surface area (Å²) in [5, 5.41) is 43.7. The molecule has 346 valence electrons. The molecule has 10 heteroatoms. The van der Waals surface area contributed by atoms with Gasteiger partial charge in [-0.15, -0.1) is 0 Å². The van der Waals surface area contributed by atoms with Gasteiger partial charge in [0.1, 0.15) is 0 Å². The summed E-state index contributed by atoms with van der Waals surface area (Å²) in [4.78, 5) is 4.62. The number of nitrogens with zero attached hydrogens (tertiary/aromatic N) is 7. The molecule has 0 spiro atoms. The van der Waals surface area contributed by atoms with Crippen LogP contribution in [0.2, 0.25) is 0 Å². The van der Waals surface area contributed by atoms with Crippen LogP contribution in [0.5, 0.6) is 0 Å². The number of hydrogen-bond acceptors (Lipinski definition) is 5. The minimum Gasteiger partial charge on any atom is -0.309 e. The Morgan fingerprint density at radius 2 is 0.703 bits per heavy atom. The van der Waals surface area contributed by atoms with E-state index in [1.54, 1.807) is 42.7 Å². The van der Waals surface area contributed by atoms with E-state index in [-0.39, 0.29) is 5.56 Å². The molecule has 74 heavy (non-hydrogen) atoms. The van der Waals surface area contributed by atoms with Crippen LogP contribution in [0.3, 0.4) is 0 Å². The molecule has 0 aliphatic carbocycles. The Morgan fingerprint density at radius 3 is 1.05 bits per heavy atom. The Bertz CT molecular complexity index is 4260. The highest BCUT2D eigenvalue weighted by molar-refractivity contribution is 6.14. The number of fused-ring (bicyclic) bond motifs is 6. The first kappa shape index (κ1) is 44.7. The standard InChI is InChI=1S/C64H34F3N7/c65-64(66,67)47-21-26-62(73-58-22-17-39(48-13-5-1-9-43(48)34-68)29-53(58)54-30-40(18-23-59(54)73)49-14-6-2-10-44(49)35-69)57(33-47)52-27-28-72-38-63(52)74-60-24-19-41(50-15-7-3-11-45(50)36-70)31-55(60)56-32-42(20-25-61(56)74)51-16-8-4-12-46(51)37-71/h1-33,38H. The van der Waals surface area contributed by atoms with Crippen molar-refractivity contribution in [2.45, 2.75) is 6.18 Å². The average Bonchev–Trinajstić information content (AvgIpc) is 3.95. The second-order valence-electron chi connectivity index (χ2n) is 17.9. The van der Waals surface area contributed by atoms with Gasteiger partial charge in [0.05, 0.1) is 91.7 Å². The van der Waals surface area contributed by atoms with Crippen LogP contribution in [0, 0.1) is 45.3 Å². The van der Waals surface area contributed by atoms with Gasteiger partial charge in [0.15, 0.2) is 0 Å². The van der Waals surface area contributed by atoms with E-state index in [1.165, 1.54) is 12.1 Å². The largest absolute Gasteiger partial charge is 0.416 e. The molecule has 0 saturated heterocycles. The van der Waals surface area contributed by atoms with Crippen molar-refractivity contribution < 1.29 is 13.2 Å². The van der Waals surface area contributed by atoms with Gasteiger partial charge in [-0.2, -0.15) is 34.2 Å². The van der Waals surface area contributed by atoms with Gasteiger partial charge in [-0.3, -0.25) is 4.98 Å². The fraction of sp³-hybridized carbons (Fsp3) is 0.0156. The molecule has 7 nitrogen and oxygen atoms in total. The van der Waals surface area contributed by atoms with E-state index < -0.39 is 11.7 Å². The molecule has 0 N–H and O–H groups in total. The SMILES string of the molecule is N#Cc1ccccc1-c1ccc2c(c1)c1cc(-c3ccccc3C#N)ccc1n2-c1ccc(C(F)(F)F)cc1-c1ccncc1-n1c2ccc(-c3ccccc3C#N)cc2c2cc(-c3ccccc3C#N)ccc21. The molecule has 0 unspecified atom stereocenters. The number of nitriles is 4. The van der Waals surface area contributed by atoms with Gasteiger partial charge in [0.25, 0.3) is 0 Å². The number of benzene rings is 9. The minimum absolute atomic E-state index is 0.281. The fourth-order valence-electron chi connectivity index (χ4n) is 10.5. The van der Waals surface area contributed by atoms with Crippen molar-refractivity contribution in [2.75, 3.05) is 0 Å². The Balaban J connectivity index is 1.15. The van der Waals surface area contributed by atoms with E-state index in [0.717, 1.165) is 83.2 Å². The van der Waals surface area contributed by atoms with Crippen molar-refractivity contribution in [2.24, 2.45) is 0 Å². The summed E-state index contributed by atoms with van der Waals surface area (Å²) in [7, 11) is 0. The molecule has 3 aromatic heterocycles. The van der Waals surface area contributed by atoms with Gasteiger partial charge >= 0.3 is 6.18 Å². The van der Waals surface area contributed by atoms with Gasteiger partial charge < -0.3 is 9.13 Å². The van der Waals surface area contributed by atoms with Crippen LogP contribution >= 0.6 is 0 Å². The number of hydrogen-bond donors (Lipinski definition) is 0. The lowest BCUT2D eigenvalue weighted by Crippen LogP contribution is -2.08. The third kappa shape index (κ3) is 7.30. The summed E-state index contributed by atoms with van der Waals surface area (Å²) < 4.78 is 49.4. The van der Waals surface area contributed by atoms with E-state index in [0.29, 0.717) is 50.2 Å². The summed E-state index contributed by atoms with van der Waals surface area (Å²) >= 11 is 0. The number of pyridine rings is 1. The summed E-state index contributed by atoms with van der Waals surface area (Å²) in [6.07, 6.45) is -1.46. The van der Waals surface area contributed by atoms with Crippen molar-refractivity contribution in [3.8, 4) is 91.3 Å². The Morgan fingerprint density at radius 1 is 0.351 bits per heavy atom. The Labute approximate surface area is 422 Å². The van der Waals surface area contributed by atoms with Gasteiger partial charge in [0, 0.05) is 38.9 Å². The maximum absolute atomic E-state index is 15.1. The zero-order valence-electron chi connectivity index (χ0n) is 38.9. The van der Waals surface area contributed by atoms with Gasteiger partial charge in [-0.1, -0.05) is 97.1 Å². The third-order valence-electron chi connectivity index (χ3n) is 13.9. The molecule has 0 radical (unpaired) electrons. The van der Waals surface area contributed by atoms with Crippen LogP contribution in [0.4, 0.5) is 13.2 Å². The number of aromatic nitrogens is 3. The molecule has 12 aromatic rings. The number of alkyl halides is 3. The molecule has 0 amide bonds. The highest BCUT2D eigenvalue weighted by Crippen LogP contribution is 2.45. The quantitative estimate of drug-likeness (QED) is 0.158. The summed E-state index contributed by atoms with van der Waals surface area (Å²) in [6, 6.07) is 67.8. The Kier molecular flexibility index (Phi) is 10.7. The third-order valence-corrected chi connectivity index (χ3v) is 13.9. The van der Waals surface area contributed by atoms with Crippen molar-refractivity contribution in [3.05, 3.63) is 234 Å². The zero-order valence-corrected chi connectivity index (χ0v) is 38.9. The van der Waals surface area contributed by atoms with Crippen LogP contribution in [-0.2, 0) is 6.18 Å². The molecule has 0 aliphatic rings. The smallest absolute Gasteiger partial charge is 0.309 e. The van der Waals surface area contributed by atoms with Crippen molar-refractivity contribution in [1.29, 1.82) is 21.0 Å². The van der Waals surface area contributed by atoms with Crippen LogP contribution < -0.4 is 0 Å². The summed E-state index contributed by atoms with van der Waals surface area (Å²) in [5.74, 6) is 0. The molecule has 9 aromatic carbocycles. The molecular formula is C64H34F3N7. The van der Waals surface area contributed by atoms with E-state index in [9.17, 15) is 21.0 Å². The molecule has 0 saturated carbocycles. The molecule has 3 heterocycles. The lowest BCUT2D eigenvalue weighted by Gasteiger charge is -2.20. The lowest BCUT2D eigenvalue weighted by molar-refractivity contribution is -0.137. The molecule has 0 atom stereocenters. The zero-order chi connectivity index (χ0) is 50.7. The first-order chi connectivity index (χ1) is 36.2. The van der Waals surface area contributed by atoms with E-state index in [4.69, 9.17) is 0 Å². The fourth-order valence-corrected chi connectivity index (χ4v) is 10.5. The Hall–Kier alpha value is -10.5. The number of rotatable bonds is 7. The van der Waals surface area contributed by atoms with Crippen LogP contribution in [-0.4, -0.2) is 14.1 Å².